The number of aryl methyl sites for hydroxylation is 2. The van der Waals surface area contributed by atoms with E-state index in [1.165, 1.54) is 0 Å². The topological polar surface area (TPSA) is 56.0 Å². The lowest BCUT2D eigenvalue weighted by Gasteiger charge is -2.04. The first-order chi connectivity index (χ1) is 9.16. The Kier molecular flexibility index (Phi) is 2.63. The molecule has 0 atom stereocenters. The van der Waals surface area contributed by atoms with Gasteiger partial charge in [-0.3, -0.25) is 4.98 Å². The third-order valence-corrected chi connectivity index (χ3v) is 3.08. The fraction of sp³-hybridized carbons (Fsp3) is 0.133. The average molecular weight is 252 g/mol. The first kappa shape index (κ1) is 11.6. The number of pyridine rings is 1. The van der Waals surface area contributed by atoms with Gasteiger partial charge in [0.2, 0.25) is 5.89 Å². The van der Waals surface area contributed by atoms with Gasteiger partial charge in [-0.15, -0.1) is 0 Å². The summed E-state index contributed by atoms with van der Waals surface area (Å²) in [5.74, 6) is 0.265. The summed E-state index contributed by atoms with van der Waals surface area (Å²) in [6.45, 7) is 3.77. The summed E-state index contributed by atoms with van der Waals surface area (Å²) in [5, 5.41) is 0.528. The maximum atomic E-state index is 12.1. The van der Waals surface area contributed by atoms with Gasteiger partial charge in [0.25, 0.3) is 0 Å². The number of fused-ring (bicyclic) bond motifs is 1. The highest BCUT2D eigenvalue weighted by Crippen LogP contribution is 2.20. The second-order valence-corrected chi connectivity index (χ2v) is 4.44. The predicted molar refractivity (Wildman–Crippen MR) is 73.0 cm³/mol. The number of rotatable bonds is 1. The van der Waals surface area contributed by atoms with Crippen LogP contribution in [-0.4, -0.2) is 9.97 Å². The lowest BCUT2D eigenvalue weighted by atomic mass is 10.1. The van der Waals surface area contributed by atoms with Gasteiger partial charge in [0.05, 0.1) is 10.9 Å². The molecule has 0 saturated carbocycles. The van der Waals surface area contributed by atoms with Crippen molar-refractivity contribution in [2.75, 3.05) is 0 Å². The number of hydrogen-bond donors (Lipinski definition) is 0. The molecule has 4 heteroatoms. The first-order valence-electron chi connectivity index (χ1n) is 5.99. The zero-order valence-electron chi connectivity index (χ0n) is 10.7. The van der Waals surface area contributed by atoms with Crippen molar-refractivity contribution in [3.8, 4) is 11.6 Å². The molecule has 0 amide bonds. The molecule has 0 unspecified atom stereocenters. The fourth-order valence-electron chi connectivity index (χ4n) is 2.09. The van der Waals surface area contributed by atoms with Gasteiger partial charge in [-0.2, -0.15) is 0 Å². The van der Waals surface area contributed by atoms with E-state index in [1.807, 2.05) is 38.1 Å². The summed E-state index contributed by atoms with van der Waals surface area (Å²) in [4.78, 5) is 20.7. The Hall–Kier alpha value is -2.49. The number of nitrogens with zero attached hydrogens (tertiary/aromatic N) is 2. The van der Waals surface area contributed by atoms with E-state index in [9.17, 15) is 4.79 Å². The molecule has 3 rings (SSSR count). The van der Waals surface area contributed by atoms with Gasteiger partial charge in [-0.25, -0.2) is 9.78 Å². The highest BCUT2D eigenvalue weighted by Gasteiger charge is 2.12. The van der Waals surface area contributed by atoms with Crippen molar-refractivity contribution in [1.82, 2.24) is 9.97 Å². The van der Waals surface area contributed by atoms with Crippen molar-refractivity contribution >= 4 is 10.9 Å². The van der Waals surface area contributed by atoms with Crippen LogP contribution in [0.25, 0.3) is 22.5 Å². The van der Waals surface area contributed by atoms with Gasteiger partial charge < -0.3 is 4.42 Å². The smallest absolute Gasteiger partial charge is 0.347 e. The molecule has 0 aliphatic carbocycles. The molecule has 0 radical (unpaired) electrons. The molecule has 2 aromatic heterocycles. The second kappa shape index (κ2) is 4.31. The monoisotopic (exact) mass is 252 g/mol. The minimum Gasteiger partial charge on any atom is -0.401 e. The molecule has 0 aliphatic heterocycles. The molecule has 3 aromatic rings. The largest absolute Gasteiger partial charge is 0.401 e. The van der Waals surface area contributed by atoms with Gasteiger partial charge in [0, 0.05) is 6.20 Å². The third kappa shape index (κ3) is 1.91. The molecule has 4 nitrogen and oxygen atoms in total. The SMILES string of the molecule is Cc1cccnc1-c1nc2cccc(C)c2c(=O)o1. The molecule has 0 spiro atoms. The Balaban J connectivity index is 2.34. The molecular weight excluding hydrogens is 240 g/mol. The number of benzene rings is 1. The van der Waals surface area contributed by atoms with Gasteiger partial charge in [-0.05, 0) is 37.1 Å². The highest BCUT2D eigenvalue weighted by atomic mass is 16.4. The molecule has 2 heterocycles. The van der Waals surface area contributed by atoms with Crippen LogP contribution in [0.15, 0.2) is 45.7 Å². The van der Waals surface area contributed by atoms with Crippen molar-refractivity contribution in [1.29, 1.82) is 0 Å². The molecule has 0 fully saturated rings. The van der Waals surface area contributed by atoms with Crippen LogP contribution in [0.3, 0.4) is 0 Å². The van der Waals surface area contributed by atoms with E-state index in [0.29, 0.717) is 16.6 Å². The van der Waals surface area contributed by atoms with Gasteiger partial charge in [-0.1, -0.05) is 18.2 Å². The van der Waals surface area contributed by atoms with Crippen LogP contribution in [0.1, 0.15) is 11.1 Å². The molecule has 0 aliphatic rings. The van der Waals surface area contributed by atoms with Crippen LogP contribution in [-0.2, 0) is 0 Å². The minimum atomic E-state index is -0.372. The maximum absolute atomic E-state index is 12.1. The predicted octanol–water partition coefficient (Wildman–Crippen LogP) is 2.87. The van der Waals surface area contributed by atoms with E-state index in [4.69, 9.17) is 4.42 Å². The lowest BCUT2D eigenvalue weighted by molar-refractivity contribution is 0.515. The van der Waals surface area contributed by atoms with E-state index in [2.05, 4.69) is 9.97 Å². The highest BCUT2D eigenvalue weighted by molar-refractivity contribution is 5.81. The molecule has 0 bridgehead atoms. The molecule has 1 aromatic carbocycles. The summed E-state index contributed by atoms with van der Waals surface area (Å²) >= 11 is 0. The minimum absolute atomic E-state index is 0.265. The summed E-state index contributed by atoms with van der Waals surface area (Å²) in [6, 6.07) is 9.29. The summed E-state index contributed by atoms with van der Waals surface area (Å²) in [6.07, 6.45) is 1.66. The van der Waals surface area contributed by atoms with Crippen LogP contribution in [0, 0.1) is 13.8 Å². The Labute approximate surface area is 109 Å². The van der Waals surface area contributed by atoms with Crippen molar-refractivity contribution in [3.63, 3.8) is 0 Å². The Morgan fingerprint density at radius 3 is 2.63 bits per heavy atom. The van der Waals surface area contributed by atoms with E-state index in [-0.39, 0.29) is 11.5 Å². The Morgan fingerprint density at radius 1 is 1.05 bits per heavy atom. The quantitative estimate of drug-likeness (QED) is 0.668. The Morgan fingerprint density at radius 2 is 1.84 bits per heavy atom. The number of hydrogen-bond acceptors (Lipinski definition) is 4. The van der Waals surface area contributed by atoms with Crippen LogP contribution in [0.2, 0.25) is 0 Å². The molecule has 94 valence electrons. The van der Waals surface area contributed by atoms with Crippen LogP contribution in [0.4, 0.5) is 0 Å². The van der Waals surface area contributed by atoms with Crippen LogP contribution in [0.5, 0.6) is 0 Å². The van der Waals surface area contributed by atoms with Gasteiger partial charge in [0.1, 0.15) is 5.69 Å². The summed E-state index contributed by atoms with van der Waals surface area (Å²) in [5.41, 5.74) is 2.65. The van der Waals surface area contributed by atoms with E-state index in [0.717, 1.165) is 11.1 Å². The zero-order valence-corrected chi connectivity index (χ0v) is 10.7. The van der Waals surface area contributed by atoms with Gasteiger partial charge >= 0.3 is 5.63 Å². The van der Waals surface area contributed by atoms with E-state index < -0.39 is 0 Å². The van der Waals surface area contributed by atoms with Crippen molar-refractivity contribution in [3.05, 3.63) is 58.1 Å². The third-order valence-electron chi connectivity index (χ3n) is 3.08. The average Bonchev–Trinajstić information content (AvgIpc) is 2.39. The summed E-state index contributed by atoms with van der Waals surface area (Å²) < 4.78 is 5.31. The molecular formula is C15H12N2O2. The van der Waals surface area contributed by atoms with Crippen molar-refractivity contribution in [2.45, 2.75) is 13.8 Å². The van der Waals surface area contributed by atoms with Crippen molar-refractivity contribution in [2.24, 2.45) is 0 Å². The fourth-order valence-corrected chi connectivity index (χ4v) is 2.09. The molecule has 0 N–H and O–H groups in total. The van der Waals surface area contributed by atoms with E-state index >= 15 is 0 Å². The second-order valence-electron chi connectivity index (χ2n) is 4.44. The Bertz CT molecular complexity index is 822. The maximum Gasteiger partial charge on any atom is 0.347 e. The number of aromatic nitrogens is 2. The van der Waals surface area contributed by atoms with Crippen molar-refractivity contribution < 1.29 is 4.42 Å². The first-order valence-corrected chi connectivity index (χ1v) is 5.99. The normalized spacial score (nSPS) is 10.8. The van der Waals surface area contributed by atoms with Crippen LogP contribution >= 0.6 is 0 Å². The zero-order chi connectivity index (χ0) is 13.4. The standard InChI is InChI=1S/C15H12N2O2/c1-9-5-3-7-11-12(9)15(18)19-14(17-11)13-10(2)6-4-8-16-13/h3-8H,1-2H3. The van der Waals surface area contributed by atoms with E-state index in [1.54, 1.807) is 12.3 Å². The summed E-state index contributed by atoms with van der Waals surface area (Å²) in [7, 11) is 0. The van der Waals surface area contributed by atoms with Crippen LogP contribution < -0.4 is 5.63 Å². The molecule has 19 heavy (non-hydrogen) atoms. The lowest BCUT2D eigenvalue weighted by Crippen LogP contribution is -2.05. The molecule has 0 saturated heterocycles. The van der Waals surface area contributed by atoms with Gasteiger partial charge in [0.15, 0.2) is 0 Å².